The zero-order valence-corrected chi connectivity index (χ0v) is 11.6. The number of likely N-dealkylation sites (tertiary alicyclic amines) is 1. The smallest absolute Gasteiger partial charge is 0.223 e. The summed E-state index contributed by atoms with van der Waals surface area (Å²) in [7, 11) is 0. The van der Waals surface area contributed by atoms with Crippen LogP contribution in [0.2, 0.25) is 0 Å². The van der Waals surface area contributed by atoms with Crippen molar-refractivity contribution in [3.63, 3.8) is 0 Å². The van der Waals surface area contributed by atoms with Crippen LogP contribution in [0.3, 0.4) is 0 Å². The van der Waals surface area contributed by atoms with Crippen molar-refractivity contribution in [1.82, 2.24) is 15.2 Å². The molecule has 0 unspecified atom stereocenters. The molecule has 1 aromatic heterocycles. The van der Waals surface area contributed by atoms with Crippen molar-refractivity contribution in [3.8, 4) is 6.07 Å². The van der Waals surface area contributed by atoms with E-state index >= 15 is 0 Å². The summed E-state index contributed by atoms with van der Waals surface area (Å²) >= 11 is 0. The van der Waals surface area contributed by atoms with Gasteiger partial charge in [-0.3, -0.25) is 9.78 Å². The highest BCUT2D eigenvalue weighted by molar-refractivity contribution is 5.78. The predicted molar refractivity (Wildman–Crippen MR) is 75.5 cm³/mol. The Labute approximate surface area is 119 Å². The molecule has 1 saturated heterocycles. The molecule has 2 rings (SSSR count). The van der Waals surface area contributed by atoms with Gasteiger partial charge < -0.3 is 10.2 Å². The summed E-state index contributed by atoms with van der Waals surface area (Å²) in [6.45, 7) is 3.18. The zero-order chi connectivity index (χ0) is 14.2. The van der Waals surface area contributed by atoms with Crippen LogP contribution in [0.25, 0.3) is 0 Å². The number of carbonyl (C=O) groups excluding carboxylic acids is 1. The van der Waals surface area contributed by atoms with Gasteiger partial charge in [-0.25, -0.2) is 0 Å². The van der Waals surface area contributed by atoms with E-state index in [1.807, 2.05) is 12.1 Å². The van der Waals surface area contributed by atoms with E-state index in [1.54, 1.807) is 12.4 Å². The minimum atomic E-state index is 0.102. The molecule has 0 aromatic carbocycles. The molecule has 2 heterocycles. The summed E-state index contributed by atoms with van der Waals surface area (Å²) < 4.78 is 0. The first-order valence-electron chi connectivity index (χ1n) is 7.05. The molecule has 5 heteroatoms. The van der Waals surface area contributed by atoms with Gasteiger partial charge in [-0.15, -0.1) is 0 Å². The Morgan fingerprint density at radius 1 is 1.50 bits per heavy atom. The molecule has 1 N–H and O–H groups in total. The van der Waals surface area contributed by atoms with Gasteiger partial charge in [0.2, 0.25) is 5.91 Å². The molecule has 0 atom stereocenters. The predicted octanol–water partition coefficient (Wildman–Crippen LogP) is 1.32. The Morgan fingerprint density at radius 2 is 2.30 bits per heavy atom. The molecule has 1 aromatic rings. The number of rotatable bonds is 5. The number of hydrogen-bond acceptors (Lipinski definition) is 4. The maximum atomic E-state index is 12.1. The van der Waals surface area contributed by atoms with Gasteiger partial charge in [-0.1, -0.05) is 6.07 Å². The van der Waals surface area contributed by atoms with Crippen LogP contribution in [0.5, 0.6) is 0 Å². The third-order valence-electron chi connectivity index (χ3n) is 3.69. The number of amides is 1. The van der Waals surface area contributed by atoms with Crippen molar-refractivity contribution in [2.45, 2.75) is 25.8 Å². The SMILES string of the molecule is N#CCCN1CCC(C(=O)NCc2cccnc2)CC1. The molecule has 20 heavy (non-hydrogen) atoms. The average molecular weight is 272 g/mol. The normalized spacial score (nSPS) is 16.6. The van der Waals surface area contributed by atoms with Crippen LogP contribution in [-0.2, 0) is 11.3 Å². The second kappa shape index (κ2) is 7.61. The van der Waals surface area contributed by atoms with E-state index in [4.69, 9.17) is 5.26 Å². The molecule has 0 radical (unpaired) electrons. The Hall–Kier alpha value is -1.93. The molecule has 106 valence electrons. The zero-order valence-electron chi connectivity index (χ0n) is 11.6. The van der Waals surface area contributed by atoms with E-state index in [0.29, 0.717) is 13.0 Å². The van der Waals surface area contributed by atoms with E-state index in [-0.39, 0.29) is 11.8 Å². The van der Waals surface area contributed by atoms with Gasteiger partial charge in [0.15, 0.2) is 0 Å². The van der Waals surface area contributed by atoms with Gasteiger partial charge in [0.25, 0.3) is 0 Å². The van der Waals surface area contributed by atoms with Crippen molar-refractivity contribution >= 4 is 5.91 Å². The number of nitriles is 1. The Balaban J connectivity index is 1.71. The third kappa shape index (κ3) is 4.32. The van der Waals surface area contributed by atoms with Crippen molar-refractivity contribution in [1.29, 1.82) is 5.26 Å². The fourth-order valence-electron chi connectivity index (χ4n) is 2.46. The highest BCUT2D eigenvalue weighted by Gasteiger charge is 2.24. The van der Waals surface area contributed by atoms with E-state index in [2.05, 4.69) is 21.3 Å². The summed E-state index contributed by atoms with van der Waals surface area (Å²) in [5.41, 5.74) is 1.02. The standard InChI is InChI=1S/C15H20N4O/c16-6-2-8-19-9-4-14(5-10-19)15(20)18-12-13-3-1-7-17-11-13/h1,3,7,11,14H,2,4-5,8-10,12H2,(H,18,20). The van der Waals surface area contributed by atoms with Crippen LogP contribution in [0.15, 0.2) is 24.5 Å². The number of nitrogens with one attached hydrogen (secondary N) is 1. The highest BCUT2D eigenvalue weighted by Crippen LogP contribution is 2.17. The lowest BCUT2D eigenvalue weighted by atomic mass is 9.96. The molecule has 1 amide bonds. The Kier molecular flexibility index (Phi) is 5.51. The number of nitrogens with zero attached hydrogens (tertiary/aromatic N) is 3. The van der Waals surface area contributed by atoms with Crippen molar-refractivity contribution in [2.75, 3.05) is 19.6 Å². The van der Waals surface area contributed by atoms with E-state index in [9.17, 15) is 4.79 Å². The summed E-state index contributed by atoms with van der Waals surface area (Å²) in [6, 6.07) is 5.99. The topological polar surface area (TPSA) is 69.0 Å². The fraction of sp³-hybridized carbons (Fsp3) is 0.533. The second-order valence-electron chi connectivity index (χ2n) is 5.10. The van der Waals surface area contributed by atoms with Crippen LogP contribution in [0.1, 0.15) is 24.8 Å². The first-order valence-corrected chi connectivity index (χ1v) is 7.05. The first kappa shape index (κ1) is 14.5. The maximum absolute atomic E-state index is 12.1. The molecule has 1 aliphatic heterocycles. The van der Waals surface area contributed by atoms with Crippen LogP contribution >= 0.6 is 0 Å². The van der Waals surface area contributed by atoms with Crippen molar-refractivity contribution < 1.29 is 4.79 Å². The van der Waals surface area contributed by atoms with Gasteiger partial charge in [0.05, 0.1) is 6.07 Å². The van der Waals surface area contributed by atoms with E-state index < -0.39 is 0 Å². The summed E-state index contributed by atoms with van der Waals surface area (Å²) in [5, 5.41) is 11.5. The minimum absolute atomic E-state index is 0.102. The average Bonchev–Trinajstić information content (AvgIpc) is 2.52. The largest absolute Gasteiger partial charge is 0.352 e. The van der Waals surface area contributed by atoms with E-state index in [1.165, 1.54) is 0 Å². The molecular formula is C15H20N4O. The Morgan fingerprint density at radius 3 is 2.95 bits per heavy atom. The lowest BCUT2D eigenvalue weighted by Gasteiger charge is -2.30. The molecular weight excluding hydrogens is 252 g/mol. The van der Waals surface area contributed by atoms with Gasteiger partial charge in [-0.2, -0.15) is 5.26 Å². The van der Waals surface area contributed by atoms with Gasteiger partial charge in [0, 0.05) is 37.8 Å². The number of piperidine rings is 1. The lowest BCUT2D eigenvalue weighted by molar-refractivity contribution is -0.126. The van der Waals surface area contributed by atoms with Crippen LogP contribution in [-0.4, -0.2) is 35.4 Å². The molecule has 0 saturated carbocycles. The van der Waals surface area contributed by atoms with Gasteiger partial charge >= 0.3 is 0 Å². The number of hydrogen-bond donors (Lipinski definition) is 1. The summed E-state index contributed by atoms with van der Waals surface area (Å²) in [4.78, 5) is 18.4. The number of pyridine rings is 1. The second-order valence-corrected chi connectivity index (χ2v) is 5.10. The fourth-order valence-corrected chi connectivity index (χ4v) is 2.46. The first-order chi connectivity index (χ1) is 9.79. The minimum Gasteiger partial charge on any atom is -0.352 e. The van der Waals surface area contributed by atoms with Crippen LogP contribution in [0, 0.1) is 17.2 Å². The lowest BCUT2D eigenvalue weighted by Crippen LogP contribution is -2.40. The molecule has 0 aliphatic carbocycles. The number of carbonyl (C=O) groups is 1. The van der Waals surface area contributed by atoms with Crippen molar-refractivity contribution in [3.05, 3.63) is 30.1 Å². The van der Waals surface area contributed by atoms with E-state index in [0.717, 1.165) is 38.0 Å². The summed E-state index contributed by atoms with van der Waals surface area (Å²) in [6.07, 6.45) is 5.82. The van der Waals surface area contributed by atoms with Gasteiger partial charge in [-0.05, 0) is 37.6 Å². The molecule has 0 spiro atoms. The summed E-state index contributed by atoms with van der Waals surface area (Å²) in [5.74, 6) is 0.235. The quantitative estimate of drug-likeness (QED) is 0.878. The monoisotopic (exact) mass is 272 g/mol. The highest BCUT2D eigenvalue weighted by atomic mass is 16.1. The third-order valence-corrected chi connectivity index (χ3v) is 3.69. The molecule has 1 fully saturated rings. The maximum Gasteiger partial charge on any atom is 0.223 e. The van der Waals surface area contributed by atoms with Crippen LogP contribution in [0.4, 0.5) is 0 Å². The Bertz CT molecular complexity index is 461. The number of aromatic nitrogens is 1. The van der Waals surface area contributed by atoms with Crippen LogP contribution < -0.4 is 5.32 Å². The molecule has 0 bridgehead atoms. The molecule has 5 nitrogen and oxygen atoms in total. The van der Waals surface area contributed by atoms with Crippen molar-refractivity contribution in [2.24, 2.45) is 5.92 Å². The van der Waals surface area contributed by atoms with Gasteiger partial charge in [0.1, 0.15) is 0 Å². The molecule has 1 aliphatic rings.